The number of hydrogen-bond donors (Lipinski definition) is 3. The van der Waals surface area contributed by atoms with E-state index in [9.17, 15) is 28.8 Å². The molecule has 4 amide bonds. The lowest BCUT2D eigenvalue weighted by Crippen LogP contribution is -2.53. The molecule has 12 nitrogen and oxygen atoms in total. The van der Waals surface area contributed by atoms with Crippen LogP contribution in [0.5, 0.6) is 0 Å². The molecule has 306 valence electrons. The summed E-state index contributed by atoms with van der Waals surface area (Å²) in [5, 5.41) is 9.05. The lowest BCUT2D eigenvalue weighted by molar-refractivity contribution is -0.134. The topological polar surface area (TPSA) is 160 Å². The molecule has 0 bridgehead atoms. The van der Waals surface area contributed by atoms with E-state index < -0.39 is 46.3 Å². The SMILES string of the molecule is COC(=O)c1ccc(C(=O)Nc2ccc(CC(NC(=O)[C@@H](CC(=O)[C@H](C)N(C)C(=O)OC(C)(C)C)C(C)(C)SC)C(=O)NC3CCCc4ccccc43)cc2)cc1. The molecule has 1 aliphatic carbocycles. The van der Waals surface area contributed by atoms with Crippen LogP contribution in [0.25, 0.3) is 0 Å². The summed E-state index contributed by atoms with van der Waals surface area (Å²) < 4.78 is 9.47. The van der Waals surface area contributed by atoms with Gasteiger partial charge in [0.05, 0.1) is 30.7 Å². The van der Waals surface area contributed by atoms with E-state index in [1.165, 1.54) is 60.6 Å². The number of fused-ring (bicyclic) bond motifs is 1. The number of Topliss-reactive ketones (excluding diaryl/α,β-unsaturated/α-hetero) is 1. The van der Waals surface area contributed by atoms with Gasteiger partial charge < -0.3 is 30.3 Å². The molecule has 3 N–H and O–H groups in total. The van der Waals surface area contributed by atoms with E-state index in [1.807, 2.05) is 38.3 Å². The summed E-state index contributed by atoms with van der Waals surface area (Å²) in [7, 11) is 2.78. The van der Waals surface area contributed by atoms with Crippen molar-refractivity contribution in [2.24, 2.45) is 5.92 Å². The first-order valence-electron chi connectivity index (χ1n) is 19.1. The van der Waals surface area contributed by atoms with Gasteiger partial charge in [0, 0.05) is 35.9 Å². The lowest BCUT2D eigenvalue weighted by Gasteiger charge is -2.35. The molecule has 0 aromatic heterocycles. The molecular weight excluding hydrogens is 745 g/mol. The number of methoxy groups -OCH3 is 1. The highest BCUT2D eigenvalue weighted by molar-refractivity contribution is 8.00. The van der Waals surface area contributed by atoms with Gasteiger partial charge in [-0.1, -0.05) is 36.4 Å². The Morgan fingerprint density at radius 2 is 1.51 bits per heavy atom. The minimum atomic E-state index is -1.00. The number of nitrogens with one attached hydrogen (secondary N) is 3. The standard InChI is InChI=1S/C44H56N4O8S/c1-27(48(7)42(54)56-43(2,3)4)37(49)26-34(44(5,6)57-9)39(51)47-36(40(52)46-35-16-12-14-29-13-10-11-15-33(29)35)25-28-17-23-32(24-18-28)45-38(50)30-19-21-31(22-20-30)41(53)55-8/h10-11,13,15,17-24,27,34-36H,12,14,16,25-26H2,1-9H3,(H,45,50)(H,46,52)(H,47,51)/t27-,34+,35?,36?/m0/s1. The second kappa shape index (κ2) is 19.3. The van der Waals surface area contributed by atoms with Crippen molar-refractivity contribution in [3.63, 3.8) is 0 Å². The summed E-state index contributed by atoms with van der Waals surface area (Å²) in [4.78, 5) is 81.0. The number of esters is 1. The van der Waals surface area contributed by atoms with E-state index in [0.717, 1.165) is 30.4 Å². The van der Waals surface area contributed by atoms with Crippen LogP contribution in [0.4, 0.5) is 10.5 Å². The molecule has 13 heteroatoms. The van der Waals surface area contributed by atoms with Crippen molar-refractivity contribution in [3.05, 3.63) is 101 Å². The highest BCUT2D eigenvalue weighted by atomic mass is 32.2. The number of thioether (sulfide) groups is 1. The number of amides is 4. The van der Waals surface area contributed by atoms with Crippen LogP contribution >= 0.6 is 11.8 Å². The van der Waals surface area contributed by atoms with Crippen LogP contribution in [0.3, 0.4) is 0 Å². The number of ether oxygens (including phenoxy) is 2. The third-order valence-corrected chi connectivity index (χ3v) is 11.7. The summed E-state index contributed by atoms with van der Waals surface area (Å²) >= 11 is 1.43. The second-order valence-electron chi connectivity index (χ2n) is 15.9. The zero-order valence-corrected chi connectivity index (χ0v) is 35.2. The summed E-state index contributed by atoms with van der Waals surface area (Å²) in [5.41, 5.74) is 3.39. The summed E-state index contributed by atoms with van der Waals surface area (Å²) in [6.07, 6.45) is 3.77. The second-order valence-corrected chi connectivity index (χ2v) is 17.4. The van der Waals surface area contributed by atoms with Gasteiger partial charge in [0.1, 0.15) is 11.6 Å². The Balaban J connectivity index is 1.56. The summed E-state index contributed by atoms with van der Waals surface area (Å²) in [6, 6.07) is 19.0. The first-order valence-corrected chi connectivity index (χ1v) is 20.4. The molecule has 4 rings (SSSR count). The Morgan fingerprint density at radius 1 is 0.877 bits per heavy atom. The Hall–Kier alpha value is -5.17. The molecule has 0 fully saturated rings. The highest BCUT2D eigenvalue weighted by Crippen LogP contribution is 2.34. The van der Waals surface area contributed by atoms with Crippen molar-refractivity contribution in [1.29, 1.82) is 0 Å². The Bertz CT molecular complexity index is 1920. The number of likely N-dealkylation sites (N-methyl/N-ethyl adjacent to an activating group) is 1. The molecule has 0 heterocycles. The number of ketones is 1. The minimum absolute atomic E-state index is 0.132. The molecular formula is C44H56N4O8S. The van der Waals surface area contributed by atoms with Crippen molar-refractivity contribution >= 4 is 53.0 Å². The molecule has 4 atom stereocenters. The molecule has 0 spiro atoms. The number of rotatable bonds is 15. The van der Waals surface area contributed by atoms with Crippen LogP contribution in [0.1, 0.15) is 104 Å². The number of benzene rings is 3. The van der Waals surface area contributed by atoms with Gasteiger partial charge in [-0.25, -0.2) is 9.59 Å². The van der Waals surface area contributed by atoms with Gasteiger partial charge >= 0.3 is 12.1 Å². The number of hydrogen-bond acceptors (Lipinski definition) is 9. The molecule has 3 aromatic rings. The maximum absolute atomic E-state index is 14.3. The quantitative estimate of drug-likeness (QED) is 0.139. The number of carbonyl (C=O) groups excluding carboxylic acids is 6. The number of carbonyl (C=O) groups is 6. The van der Waals surface area contributed by atoms with Crippen LogP contribution in [0.2, 0.25) is 0 Å². The summed E-state index contributed by atoms with van der Waals surface area (Å²) in [6.45, 7) is 10.6. The van der Waals surface area contributed by atoms with Crippen molar-refractivity contribution in [2.75, 3.05) is 25.7 Å². The normalized spacial score (nSPS) is 15.5. The van der Waals surface area contributed by atoms with Crippen molar-refractivity contribution in [1.82, 2.24) is 15.5 Å². The van der Waals surface area contributed by atoms with Gasteiger partial charge in [0.15, 0.2) is 5.78 Å². The van der Waals surface area contributed by atoms with Gasteiger partial charge in [-0.05, 0) is 120 Å². The molecule has 0 aliphatic heterocycles. The first-order chi connectivity index (χ1) is 26.8. The van der Waals surface area contributed by atoms with Crippen LogP contribution < -0.4 is 16.0 Å². The molecule has 0 saturated heterocycles. The third kappa shape index (κ3) is 12.2. The molecule has 0 saturated carbocycles. The fourth-order valence-electron chi connectivity index (χ4n) is 6.57. The van der Waals surface area contributed by atoms with E-state index in [-0.39, 0.29) is 36.5 Å². The number of anilines is 1. The molecule has 57 heavy (non-hydrogen) atoms. The molecule has 2 unspecified atom stereocenters. The van der Waals surface area contributed by atoms with E-state index >= 15 is 0 Å². The maximum atomic E-state index is 14.3. The molecule has 3 aromatic carbocycles. The first kappa shape index (κ1) is 44.5. The zero-order chi connectivity index (χ0) is 42.1. The third-order valence-electron chi connectivity index (χ3n) is 10.4. The molecule has 0 radical (unpaired) electrons. The number of nitrogens with zero attached hydrogens (tertiary/aromatic N) is 1. The van der Waals surface area contributed by atoms with Gasteiger partial charge in [-0.3, -0.25) is 19.2 Å². The largest absolute Gasteiger partial charge is 0.465 e. The smallest absolute Gasteiger partial charge is 0.410 e. The van der Waals surface area contributed by atoms with Crippen LogP contribution in [0.15, 0.2) is 72.8 Å². The van der Waals surface area contributed by atoms with Crippen LogP contribution in [-0.2, 0) is 36.7 Å². The maximum Gasteiger partial charge on any atom is 0.410 e. The van der Waals surface area contributed by atoms with E-state index in [4.69, 9.17) is 9.47 Å². The number of aryl methyl sites for hydroxylation is 1. The van der Waals surface area contributed by atoms with E-state index in [1.54, 1.807) is 52.0 Å². The monoisotopic (exact) mass is 800 g/mol. The Morgan fingerprint density at radius 3 is 2.12 bits per heavy atom. The van der Waals surface area contributed by atoms with E-state index in [0.29, 0.717) is 16.8 Å². The Kier molecular flexibility index (Phi) is 15.1. The highest BCUT2D eigenvalue weighted by Gasteiger charge is 2.40. The summed E-state index contributed by atoms with van der Waals surface area (Å²) in [5.74, 6) is -2.86. The molecule has 1 aliphatic rings. The van der Waals surface area contributed by atoms with Gasteiger partial charge in [0.25, 0.3) is 5.91 Å². The van der Waals surface area contributed by atoms with Crippen molar-refractivity contribution in [2.45, 2.75) is 102 Å². The minimum Gasteiger partial charge on any atom is -0.465 e. The van der Waals surface area contributed by atoms with Crippen LogP contribution in [-0.4, -0.2) is 83.3 Å². The van der Waals surface area contributed by atoms with Gasteiger partial charge in [-0.2, -0.15) is 11.8 Å². The average molecular weight is 801 g/mol. The van der Waals surface area contributed by atoms with Gasteiger partial charge in [-0.15, -0.1) is 0 Å². The predicted octanol–water partition coefficient (Wildman–Crippen LogP) is 6.92. The predicted molar refractivity (Wildman–Crippen MR) is 222 cm³/mol. The average Bonchev–Trinajstić information content (AvgIpc) is 3.18. The van der Waals surface area contributed by atoms with E-state index in [2.05, 4.69) is 22.0 Å². The fourth-order valence-corrected chi connectivity index (χ4v) is 7.05. The van der Waals surface area contributed by atoms with Crippen molar-refractivity contribution < 1.29 is 38.2 Å². The fraction of sp³-hybridized carbons (Fsp3) is 0.455. The zero-order valence-electron chi connectivity index (χ0n) is 34.4. The van der Waals surface area contributed by atoms with Crippen LogP contribution in [0, 0.1) is 5.92 Å². The van der Waals surface area contributed by atoms with Gasteiger partial charge in [0.2, 0.25) is 11.8 Å². The Labute approximate surface area is 340 Å². The lowest BCUT2D eigenvalue weighted by atomic mass is 9.86. The van der Waals surface area contributed by atoms with Crippen molar-refractivity contribution in [3.8, 4) is 0 Å².